The number of hydrogen-bond acceptors (Lipinski definition) is 8. The van der Waals surface area contributed by atoms with Crippen LogP contribution in [0.3, 0.4) is 0 Å². The molecular formula is C29H33N7O5S. The van der Waals surface area contributed by atoms with Crippen molar-refractivity contribution in [3.05, 3.63) is 59.9 Å². The summed E-state index contributed by atoms with van der Waals surface area (Å²) >= 11 is 5.61. The summed E-state index contributed by atoms with van der Waals surface area (Å²) in [7, 11) is 3.16. The van der Waals surface area contributed by atoms with Crippen molar-refractivity contribution < 1.29 is 23.7 Å². The minimum atomic E-state index is -0.697. The molecule has 2 aliphatic heterocycles. The number of thiocarbonyl (C=S) groups is 1. The number of guanidine groups is 1. The molecule has 0 saturated carbocycles. The zero-order valence-corrected chi connectivity index (χ0v) is 24.7. The van der Waals surface area contributed by atoms with Crippen molar-refractivity contribution in [2.45, 2.75) is 20.0 Å². The van der Waals surface area contributed by atoms with Gasteiger partial charge in [0.15, 0.2) is 11.5 Å². The van der Waals surface area contributed by atoms with Gasteiger partial charge in [-0.25, -0.2) is 9.97 Å². The highest BCUT2D eigenvalue weighted by Gasteiger charge is 2.33. The Labute approximate surface area is 249 Å². The number of amides is 1. The number of aromatic nitrogens is 2. The van der Waals surface area contributed by atoms with E-state index in [2.05, 4.69) is 25.6 Å². The first-order chi connectivity index (χ1) is 20.3. The SMILES string of the molecule is COc1ccc(NC(=S)/N=C(/Nc2nc(C)cc(C)n2)N2CCN(C(=O)C3COc4ccccc4O3)CC2)c(OC)c1. The second-order valence-corrected chi connectivity index (χ2v) is 10.1. The fourth-order valence-corrected chi connectivity index (χ4v) is 4.88. The normalized spacial score (nSPS) is 16.5. The summed E-state index contributed by atoms with van der Waals surface area (Å²) in [4.78, 5) is 30.8. The van der Waals surface area contributed by atoms with E-state index in [0.29, 0.717) is 66.8 Å². The van der Waals surface area contributed by atoms with Crippen LogP contribution in [-0.4, -0.2) is 89.9 Å². The number of methoxy groups -OCH3 is 2. The van der Waals surface area contributed by atoms with Gasteiger partial charge < -0.3 is 34.1 Å². The minimum Gasteiger partial charge on any atom is -0.497 e. The number of carbonyl (C=O) groups is 1. The Morgan fingerprint density at radius 3 is 2.33 bits per heavy atom. The molecule has 12 nitrogen and oxygen atoms in total. The van der Waals surface area contributed by atoms with E-state index >= 15 is 0 Å². The molecule has 2 N–H and O–H groups in total. The van der Waals surface area contributed by atoms with Crippen molar-refractivity contribution in [3.8, 4) is 23.0 Å². The van der Waals surface area contributed by atoms with Gasteiger partial charge in [0.1, 0.15) is 18.1 Å². The first-order valence-electron chi connectivity index (χ1n) is 13.5. The van der Waals surface area contributed by atoms with Gasteiger partial charge in [0, 0.05) is 43.6 Å². The molecule has 1 unspecified atom stereocenters. The van der Waals surface area contributed by atoms with E-state index in [1.807, 2.05) is 43.0 Å². The third-order valence-electron chi connectivity index (χ3n) is 6.74. The highest BCUT2D eigenvalue weighted by molar-refractivity contribution is 7.80. The standard InChI is InChI=1S/C29H33N7O5S/c1-18-15-19(2)31-27(30-18)33-28(34-29(42)32-21-10-9-20(38-3)16-24(21)39-4)36-13-11-35(12-14-36)26(37)25-17-40-22-7-5-6-8-23(22)41-25/h5-10,15-16,25H,11-14,17H2,1-4H3,(H2,30,31,32,33,34,42). The number of nitrogens with zero attached hydrogens (tertiary/aromatic N) is 5. The van der Waals surface area contributed by atoms with Gasteiger partial charge in [0.25, 0.3) is 5.91 Å². The smallest absolute Gasteiger partial charge is 0.267 e. The Hall–Kier alpha value is -4.65. The van der Waals surface area contributed by atoms with Crippen LogP contribution in [0.5, 0.6) is 23.0 Å². The Morgan fingerprint density at radius 2 is 1.64 bits per heavy atom. The van der Waals surface area contributed by atoms with Crippen LogP contribution in [0.25, 0.3) is 0 Å². The van der Waals surface area contributed by atoms with E-state index in [1.54, 1.807) is 43.4 Å². The lowest BCUT2D eigenvalue weighted by atomic mass is 10.2. The van der Waals surface area contributed by atoms with Crippen LogP contribution < -0.4 is 29.6 Å². The first kappa shape index (κ1) is 28.9. The van der Waals surface area contributed by atoms with Crippen molar-refractivity contribution in [3.63, 3.8) is 0 Å². The average Bonchev–Trinajstić information content (AvgIpc) is 3.00. The maximum absolute atomic E-state index is 13.3. The van der Waals surface area contributed by atoms with Gasteiger partial charge in [-0.2, -0.15) is 4.99 Å². The highest BCUT2D eigenvalue weighted by Crippen LogP contribution is 2.31. The van der Waals surface area contributed by atoms with Gasteiger partial charge in [0.05, 0.1) is 19.9 Å². The number of nitrogens with one attached hydrogen (secondary N) is 2. The average molecular weight is 592 g/mol. The second kappa shape index (κ2) is 12.9. The Balaban J connectivity index is 1.30. The third-order valence-corrected chi connectivity index (χ3v) is 6.93. The third kappa shape index (κ3) is 6.79. The fraction of sp³-hybridized carbons (Fsp3) is 0.345. The lowest BCUT2D eigenvalue weighted by molar-refractivity contribution is -0.142. The number of aliphatic imine (C=N–C) groups is 1. The predicted molar refractivity (Wildman–Crippen MR) is 163 cm³/mol. The summed E-state index contributed by atoms with van der Waals surface area (Å²) < 4.78 is 22.5. The lowest BCUT2D eigenvalue weighted by Gasteiger charge is -2.38. The topological polar surface area (TPSA) is 123 Å². The monoisotopic (exact) mass is 591 g/mol. The predicted octanol–water partition coefficient (Wildman–Crippen LogP) is 3.26. The van der Waals surface area contributed by atoms with Gasteiger partial charge >= 0.3 is 0 Å². The number of aryl methyl sites for hydroxylation is 2. The molecule has 1 amide bonds. The number of benzene rings is 2. The molecule has 1 fully saturated rings. The minimum absolute atomic E-state index is 0.114. The number of anilines is 2. The van der Waals surface area contributed by atoms with E-state index in [1.165, 1.54) is 0 Å². The van der Waals surface area contributed by atoms with Crippen LogP contribution in [0.15, 0.2) is 53.5 Å². The number of ether oxygens (including phenoxy) is 4. The molecule has 3 heterocycles. The Bertz CT molecular complexity index is 1470. The first-order valence-corrected chi connectivity index (χ1v) is 13.9. The van der Waals surface area contributed by atoms with Crippen LogP contribution in [0.1, 0.15) is 11.4 Å². The molecule has 3 aromatic rings. The molecule has 1 saturated heterocycles. The summed E-state index contributed by atoms with van der Waals surface area (Å²) in [6.45, 7) is 5.89. The molecule has 1 aromatic heterocycles. The van der Waals surface area contributed by atoms with E-state index in [-0.39, 0.29) is 17.6 Å². The van der Waals surface area contributed by atoms with Gasteiger partial charge in [-0.05, 0) is 56.4 Å². The molecule has 0 aliphatic carbocycles. The van der Waals surface area contributed by atoms with Gasteiger partial charge in [-0.15, -0.1) is 0 Å². The van der Waals surface area contributed by atoms with E-state index < -0.39 is 6.10 Å². The fourth-order valence-electron chi connectivity index (χ4n) is 4.68. The highest BCUT2D eigenvalue weighted by atomic mass is 32.1. The Morgan fingerprint density at radius 1 is 0.952 bits per heavy atom. The molecule has 0 radical (unpaired) electrons. The maximum Gasteiger partial charge on any atom is 0.267 e. The van der Waals surface area contributed by atoms with Crippen molar-refractivity contribution >= 4 is 40.8 Å². The molecule has 0 spiro atoms. The van der Waals surface area contributed by atoms with Gasteiger partial charge in [0.2, 0.25) is 23.1 Å². The summed E-state index contributed by atoms with van der Waals surface area (Å²) in [5, 5.41) is 6.57. The van der Waals surface area contributed by atoms with Crippen molar-refractivity contribution in [1.29, 1.82) is 0 Å². The van der Waals surface area contributed by atoms with E-state index in [9.17, 15) is 4.79 Å². The molecule has 5 rings (SSSR count). The zero-order chi connectivity index (χ0) is 29.6. The summed E-state index contributed by atoms with van der Waals surface area (Å²) in [6, 6.07) is 14.6. The summed E-state index contributed by atoms with van der Waals surface area (Å²) in [5.74, 6) is 3.18. The van der Waals surface area contributed by atoms with Crippen molar-refractivity contribution in [2.75, 3.05) is 57.6 Å². The summed E-state index contributed by atoms with van der Waals surface area (Å²) in [6.07, 6.45) is -0.697. The summed E-state index contributed by atoms with van der Waals surface area (Å²) in [5.41, 5.74) is 2.28. The van der Waals surface area contributed by atoms with Gasteiger partial charge in [-0.3, -0.25) is 10.1 Å². The molecular weight excluding hydrogens is 558 g/mol. The largest absolute Gasteiger partial charge is 0.497 e. The Kier molecular flexibility index (Phi) is 8.86. The number of piperazine rings is 1. The molecule has 1 atom stereocenters. The van der Waals surface area contributed by atoms with E-state index in [4.69, 9.17) is 31.2 Å². The molecule has 2 aliphatic rings. The number of fused-ring (bicyclic) bond motifs is 1. The van der Waals surface area contributed by atoms with Crippen molar-refractivity contribution in [1.82, 2.24) is 19.8 Å². The van der Waals surface area contributed by atoms with Crippen LogP contribution in [0.2, 0.25) is 0 Å². The van der Waals surface area contributed by atoms with Crippen LogP contribution in [0.4, 0.5) is 11.6 Å². The van der Waals surface area contributed by atoms with Crippen molar-refractivity contribution in [2.24, 2.45) is 4.99 Å². The zero-order valence-electron chi connectivity index (χ0n) is 23.9. The maximum atomic E-state index is 13.3. The van der Waals surface area contributed by atoms with Gasteiger partial charge in [-0.1, -0.05) is 12.1 Å². The number of rotatable bonds is 5. The number of para-hydroxylation sites is 2. The van der Waals surface area contributed by atoms with E-state index in [0.717, 1.165) is 11.4 Å². The van der Waals surface area contributed by atoms with Crippen LogP contribution in [-0.2, 0) is 4.79 Å². The molecule has 0 bridgehead atoms. The molecule has 42 heavy (non-hydrogen) atoms. The quantitative estimate of drug-likeness (QED) is 0.258. The second-order valence-electron chi connectivity index (χ2n) is 9.71. The molecule has 220 valence electrons. The lowest BCUT2D eigenvalue weighted by Crippen LogP contribution is -2.56. The number of carbonyl (C=O) groups excluding carboxylic acids is 1. The van der Waals surface area contributed by atoms with Crippen LogP contribution in [0, 0.1) is 13.8 Å². The molecule has 2 aromatic carbocycles. The molecule has 13 heteroatoms. The van der Waals surface area contributed by atoms with Crippen LogP contribution >= 0.6 is 12.2 Å². The number of hydrogen-bond donors (Lipinski definition) is 2.